The summed E-state index contributed by atoms with van der Waals surface area (Å²) >= 11 is 0. The fraction of sp³-hybridized carbons (Fsp3) is 0.600. The second-order valence-electron chi connectivity index (χ2n) is 4.83. The van der Waals surface area contributed by atoms with Gasteiger partial charge in [0.1, 0.15) is 13.2 Å². The molecule has 1 aliphatic heterocycles. The lowest BCUT2D eigenvalue weighted by Crippen LogP contribution is -2.23. The average Bonchev–Trinajstić information content (AvgIpc) is 2.46. The maximum Gasteiger partial charge on any atom is 0.161 e. The van der Waals surface area contributed by atoms with E-state index < -0.39 is 6.10 Å². The van der Waals surface area contributed by atoms with Gasteiger partial charge < -0.3 is 19.9 Å². The number of hydrogen-bond acceptors (Lipinski definition) is 4. The molecule has 2 rings (SSSR count). The second-order valence-corrected chi connectivity index (χ2v) is 4.83. The summed E-state index contributed by atoms with van der Waals surface area (Å²) in [5, 5.41) is 13.4. The molecule has 19 heavy (non-hydrogen) atoms. The van der Waals surface area contributed by atoms with Crippen molar-refractivity contribution in [2.75, 3.05) is 26.3 Å². The van der Waals surface area contributed by atoms with Crippen molar-refractivity contribution in [3.05, 3.63) is 23.8 Å². The number of aliphatic hydroxyl groups excluding tert-OH is 1. The third-order valence-electron chi connectivity index (χ3n) is 3.25. The third-order valence-corrected chi connectivity index (χ3v) is 3.25. The molecule has 0 radical (unpaired) electrons. The van der Waals surface area contributed by atoms with E-state index in [9.17, 15) is 5.11 Å². The Kier molecular flexibility index (Phi) is 5.48. The molecule has 1 aromatic carbocycles. The first-order valence-electron chi connectivity index (χ1n) is 7.09. The van der Waals surface area contributed by atoms with Crippen molar-refractivity contribution in [3.63, 3.8) is 0 Å². The minimum Gasteiger partial charge on any atom is -0.486 e. The van der Waals surface area contributed by atoms with Crippen LogP contribution in [-0.2, 0) is 0 Å². The van der Waals surface area contributed by atoms with Crippen LogP contribution in [0.5, 0.6) is 11.5 Å². The van der Waals surface area contributed by atoms with Gasteiger partial charge in [-0.2, -0.15) is 0 Å². The molecule has 0 aromatic heterocycles. The Labute approximate surface area is 114 Å². The second kappa shape index (κ2) is 7.36. The molecule has 0 unspecified atom stereocenters. The van der Waals surface area contributed by atoms with Crippen LogP contribution >= 0.6 is 0 Å². The zero-order chi connectivity index (χ0) is 13.5. The fourth-order valence-corrected chi connectivity index (χ4v) is 2.12. The van der Waals surface area contributed by atoms with Crippen LogP contribution in [0.15, 0.2) is 18.2 Å². The van der Waals surface area contributed by atoms with E-state index in [4.69, 9.17) is 9.47 Å². The van der Waals surface area contributed by atoms with Crippen LogP contribution in [-0.4, -0.2) is 31.4 Å². The first kappa shape index (κ1) is 14.2. The van der Waals surface area contributed by atoms with Crippen LogP contribution in [0.4, 0.5) is 0 Å². The van der Waals surface area contributed by atoms with Crippen LogP contribution in [0, 0.1) is 0 Å². The molecule has 0 bridgehead atoms. The van der Waals surface area contributed by atoms with E-state index in [1.54, 1.807) is 0 Å². The first-order valence-corrected chi connectivity index (χ1v) is 7.09. The van der Waals surface area contributed by atoms with Crippen molar-refractivity contribution in [1.29, 1.82) is 0 Å². The summed E-state index contributed by atoms with van der Waals surface area (Å²) in [6, 6.07) is 5.63. The highest BCUT2D eigenvalue weighted by atomic mass is 16.6. The Morgan fingerprint density at radius 3 is 2.79 bits per heavy atom. The molecule has 0 saturated heterocycles. The molecular weight excluding hydrogens is 242 g/mol. The molecule has 0 aliphatic carbocycles. The third kappa shape index (κ3) is 4.11. The van der Waals surface area contributed by atoms with Gasteiger partial charge in [-0.25, -0.2) is 0 Å². The highest BCUT2D eigenvalue weighted by molar-refractivity contribution is 5.44. The lowest BCUT2D eigenvalue weighted by atomic mass is 10.1. The number of rotatable bonds is 7. The van der Waals surface area contributed by atoms with Crippen LogP contribution in [0.3, 0.4) is 0 Å². The van der Waals surface area contributed by atoms with Crippen LogP contribution in [0.1, 0.15) is 37.9 Å². The van der Waals surface area contributed by atoms with E-state index in [0.29, 0.717) is 19.8 Å². The molecular formula is C15H23NO3. The summed E-state index contributed by atoms with van der Waals surface area (Å²) in [5.41, 5.74) is 0.868. The average molecular weight is 265 g/mol. The number of fused-ring (bicyclic) bond motifs is 1. The largest absolute Gasteiger partial charge is 0.486 e. The van der Waals surface area contributed by atoms with Crippen LogP contribution in [0.2, 0.25) is 0 Å². The number of unbranched alkanes of at least 4 members (excludes halogenated alkanes) is 2. The molecule has 0 spiro atoms. The van der Waals surface area contributed by atoms with Gasteiger partial charge >= 0.3 is 0 Å². The number of benzene rings is 1. The number of hydrogen-bond donors (Lipinski definition) is 2. The molecule has 0 saturated carbocycles. The Morgan fingerprint density at radius 2 is 2.00 bits per heavy atom. The molecule has 1 aliphatic rings. The summed E-state index contributed by atoms with van der Waals surface area (Å²) in [6.45, 7) is 4.87. The summed E-state index contributed by atoms with van der Waals surface area (Å²) in [6.07, 6.45) is 3.10. The zero-order valence-electron chi connectivity index (χ0n) is 11.5. The maximum absolute atomic E-state index is 10.1. The molecule has 0 amide bonds. The van der Waals surface area contributed by atoms with Crippen LogP contribution < -0.4 is 14.8 Å². The molecule has 1 atom stereocenters. The Morgan fingerprint density at radius 1 is 1.21 bits per heavy atom. The summed E-state index contributed by atoms with van der Waals surface area (Å²) in [5.74, 6) is 1.49. The van der Waals surface area contributed by atoms with E-state index in [0.717, 1.165) is 30.0 Å². The van der Waals surface area contributed by atoms with Crippen molar-refractivity contribution in [2.45, 2.75) is 32.3 Å². The van der Waals surface area contributed by atoms with Gasteiger partial charge in [-0.15, -0.1) is 0 Å². The van der Waals surface area contributed by atoms with Crippen molar-refractivity contribution < 1.29 is 14.6 Å². The summed E-state index contributed by atoms with van der Waals surface area (Å²) in [7, 11) is 0. The monoisotopic (exact) mass is 265 g/mol. The Balaban J connectivity index is 1.83. The van der Waals surface area contributed by atoms with E-state index in [2.05, 4.69) is 12.2 Å². The highest BCUT2D eigenvalue weighted by Gasteiger charge is 2.15. The molecule has 4 heteroatoms. The van der Waals surface area contributed by atoms with Gasteiger partial charge in [0.15, 0.2) is 11.5 Å². The smallest absolute Gasteiger partial charge is 0.161 e. The van der Waals surface area contributed by atoms with Crippen LogP contribution in [0.25, 0.3) is 0 Å². The van der Waals surface area contributed by atoms with E-state index >= 15 is 0 Å². The maximum atomic E-state index is 10.1. The van der Waals surface area contributed by atoms with Gasteiger partial charge in [-0.05, 0) is 30.7 Å². The number of nitrogens with one attached hydrogen (secondary N) is 1. The van der Waals surface area contributed by atoms with E-state index in [1.807, 2.05) is 18.2 Å². The van der Waals surface area contributed by atoms with E-state index in [1.165, 1.54) is 12.8 Å². The normalized spacial score (nSPS) is 15.3. The first-order chi connectivity index (χ1) is 9.31. The van der Waals surface area contributed by atoms with Crippen molar-refractivity contribution in [3.8, 4) is 11.5 Å². The summed E-state index contributed by atoms with van der Waals surface area (Å²) in [4.78, 5) is 0. The molecule has 0 fully saturated rings. The molecule has 2 N–H and O–H groups in total. The predicted octanol–water partition coefficient (Wildman–Crippen LogP) is 2.27. The van der Waals surface area contributed by atoms with Crippen molar-refractivity contribution in [1.82, 2.24) is 5.32 Å². The van der Waals surface area contributed by atoms with Gasteiger partial charge in [-0.1, -0.05) is 25.8 Å². The quantitative estimate of drug-likeness (QED) is 0.743. The predicted molar refractivity (Wildman–Crippen MR) is 74.8 cm³/mol. The van der Waals surface area contributed by atoms with Crippen molar-refractivity contribution >= 4 is 0 Å². The fourth-order valence-electron chi connectivity index (χ4n) is 2.12. The molecule has 106 valence electrons. The lowest BCUT2D eigenvalue weighted by molar-refractivity contribution is 0.163. The van der Waals surface area contributed by atoms with Gasteiger partial charge in [0.2, 0.25) is 0 Å². The minimum absolute atomic E-state index is 0.502. The Hall–Kier alpha value is -1.26. The van der Waals surface area contributed by atoms with Gasteiger partial charge in [0.05, 0.1) is 6.10 Å². The highest BCUT2D eigenvalue weighted by Crippen LogP contribution is 2.32. The van der Waals surface area contributed by atoms with E-state index in [-0.39, 0.29) is 0 Å². The van der Waals surface area contributed by atoms with Gasteiger partial charge in [0.25, 0.3) is 0 Å². The topological polar surface area (TPSA) is 50.7 Å². The minimum atomic E-state index is -0.502. The zero-order valence-corrected chi connectivity index (χ0v) is 11.5. The molecule has 4 nitrogen and oxygen atoms in total. The SMILES string of the molecule is CCCCCNC[C@@H](O)c1ccc2c(c1)OCCO2. The number of aliphatic hydroxyl groups is 1. The van der Waals surface area contributed by atoms with Gasteiger partial charge in [-0.3, -0.25) is 0 Å². The number of ether oxygens (including phenoxy) is 2. The lowest BCUT2D eigenvalue weighted by Gasteiger charge is -2.20. The van der Waals surface area contributed by atoms with Crippen molar-refractivity contribution in [2.24, 2.45) is 0 Å². The van der Waals surface area contributed by atoms with Gasteiger partial charge in [0, 0.05) is 6.54 Å². The molecule has 1 aromatic rings. The Bertz CT molecular complexity index is 395. The molecule has 1 heterocycles. The standard InChI is InChI=1S/C15H23NO3/c1-2-3-4-7-16-11-13(17)12-5-6-14-15(10-12)19-9-8-18-14/h5-6,10,13,16-17H,2-4,7-9,11H2,1H3/t13-/m1/s1. The summed E-state index contributed by atoms with van der Waals surface area (Å²) < 4.78 is 11.0.